The van der Waals surface area contributed by atoms with E-state index in [1.54, 1.807) is 7.05 Å². The largest absolute Gasteiger partial charge is 0.490 e. The standard InChI is InChI=1S/C22H32N4O2.C2HF3O2/c1-15(2)13-19(24)22(28)26(3)20(9-6-12-23)21(27)25-18-11-10-16-7-4-5-8-17(16)14-18;3-2(4,5)1(6)7/h4-5,7-8,10-11,14-15,19-20H,6,9,12-13,23-24H2,1-3H3,(H,25,27);(H,6,7)/t19-,20-;/m0./s1. The van der Waals surface area contributed by atoms with E-state index in [9.17, 15) is 22.8 Å². The van der Waals surface area contributed by atoms with Gasteiger partial charge in [0, 0.05) is 12.7 Å². The Labute approximate surface area is 202 Å². The molecule has 0 unspecified atom stereocenters. The van der Waals surface area contributed by atoms with Crippen molar-refractivity contribution in [2.75, 3.05) is 18.9 Å². The number of amides is 2. The summed E-state index contributed by atoms with van der Waals surface area (Å²) < 4.78 is 31.7. The van der Waals surface area contributed by atoms with Gasteiger partial charge in [-0.15, -0.1) is 0 Å². The summed E-state index contributed by atoms with van der Waals surface area (Å²) in [6.07, 6.45) is -3.36. The zero-order valence-electron chi connectivity index (χ0n) is 20.0. The summed E-state index contributed by atoms with van der Waals surface area (Å²) in [6, 6.07) is 12.5. The van der Waals surface area contributed by atoms with Crippen LogP contribution in [0.3, 0.4) is 0 Å². The fourth-order valence-corrected chi connectivity index (χ4v) is 3.33. The van der Waals surface area contributed by atoms with E-state index < -0.39 is 24.2 Å². The van der Waals surface area contributed by atoms with Crippen molar-refractivity contribution in [1.82, 2.24) is 4.90 Å². The van der Waals surface area contributed by atoms with Crippen LogP contribution in [0, 0.1) is 5.92 Å². The fourth-order valence-electron chi connectivity index (χ4n) is 3.33. The molecule has 35 heavy (non-hydrogen) atoms. The van der Waals surface area contributed by atoms with Gasteiger partial charge in [-0.3, -0.25) is 9.59 Å². The van der Waals surface area contributed by atoms with E-state index in [0.717, 1.165) is 10.8 Å². The molecule has 2 amide bonds. The molecule has 0 spiro atoms. The molecule has 194 valence electrons. The second-order valence-corrected chi connectivity index (χ2v) is 8.49. The number of hydrogen-bond acceptors (Lipinski definition) is 5. The van der Waals surface area contributed by atoms with Crippen LogP contribution in [-0.2, 0) is 14.4 Å². The molecular weight excluding hydrogens is 465 g/mol. The normalized spacial score (nSPS) is 12.9. The highest BCUT2D eigenvalue weighted by Gasteiger charge is 2.38. The third kappa shape index (κ3) is 9.91. The van der Waals surface area contributed by atoms with E-state index in [-0.39, 0.29) is 11.8 Å². The average Bonchev–Trinajstić information content (AvgIpc) is 2.77. The summed E-state index contributed by atoms with van der Waals surface area (Å²) in [7, 11) is 1.64. The summed E-state index contributed by atoms with van der Waals surface area (Å²) in [6.45, 7) is 4.50. The van der Waals surface area contributed by atoms with Crippen LogP contribution >= 0.6 is 0 Å². The minimum Gasteiger partial charge on any atom is -0.475 e. The van der Waals surface area contributed by atoms with Crippen molar-refractivity contribution in [1.29, 1.82) is 0 Å². The molecule has 0 heterocycles. The minimum atomic E-state index is -5.08. The van der Waals surface area contributed by atoms with Gasteiger partial charge in [0.05, 0.1) is 6.04 Å². The monoisotopic (exact) mass is 498 g/mol. The van der Waals surface area contributed by atoms with Gasteiger partial charge >= 0.3 is 12.1 Å². The van der Waals surface area contributed by atoms with Crippen LogP contribution in [-0.4, -0.2) is 59.6 Å². The Morgan fingerprint density at radius 3 is 2.17 bits per heavy atom. The third-order valence-electron chi connectivity index (χ3n) is 5.10. The predicted molar refractivity (Wildman–Crippen MR) is 129 cm³/mol. The maximum atomic E-state index is 13.0. The number of carboxylic acid groups (broad SMARTS) is 1. The van der Waals surface area contributed by atoms with Gasteiger partial charge < -0.3 is 26.8 Å². The number of carbonyl (C=O) groups excluding carboxylic acids is 2. The number of fused-ring (bicyclic) bond motifs is 1. The molecule has 2 atom stereocenters. The van der Waals surface area contributed by atoms with E-state index >= 15 is 0 Å². The number of hydrogen-bond donors (Lipinski definition) is 4. The van der Waals surface area contributed by atoms with Crippen LogP contribution in [0.1, 0.15) is 33.1 Å². The summed E-state index contributed by atoms with van der Waals surface area (Å²) >= 11 is 0. The number of carbonyl (C=O) groups is 3. The van der Waals surface area contributed by atoms with Crippen LogP contribution in [0.5, 0.6) is 0 Å². The number of anilines is 1. The molecule has 2 rings (SSSR count). The topological polar surface area (TPSA) is 139 Å². The number of carboxylic acids is 1. The lowest BCUT2D eigenvalue weighted by atomic mass is 10.0. The number of nitrogens with zero attached hydrogens (tertiary/aromatic N) is 1. The Balaban J connectivity index is 0.000000762. The van der Waals surface area contributed by atoms with Gasteiger partial charge in [-0.25, -0.2) is 4.79 Å². The Hall–Kier alpha value is -3.18. The Bertz CT molecular complexity index is 998. The lowest BCUT2D eigenvalue weighted by Crippen LogP contribution is -2.51. The van der Waals surface area contributed by atoms with Crippen LogP contribution in [0.15, 0.2) is 42.5 Å². The number of nitrogens with two attached hydrogens (primary N) is 2. The van der Waals surface area contributed by atoms with Gasteiger partial charge in [0.25, 0.3) is 0 Å². The van der Waals surface area contributed by atoms with E-state index in [4.69, 9.17) is 21.4 Å². The number of rotatable bonds is 9. The molecule has 2 aromatic carbocycles. The summed E-state index contributed by atoms with van der Waals surface area (Å²) in [5.41, 5.74) is 12.4. The van der Waals surface area contributed by atoms with Crippen molar-refractivity contribution in [2.24, 2.45) is 17.4 Å². The molecule has 0 aliphatic rings. The average molecular weight is 499 g/mol. The fraction of sp³-hybridized carbons (Fsp3) is 0.458. The van der Waals surface area contributed by atoms with Gasteiger partial charge in [-0.05, 0) is 54.6 Å². The molecular formula is C24H33F3N4O4. The first-order valence-electron chi connectivity index (χ1n) is 11.1. The lowest BCUT2D eigenvalue weighted by molar-refractivity contribution is -0.192. The Morgan fingerprint density at radius 1 is 1.09 bits per heavy atom. The molecule has 6 N–H and O–H groups in total. The van der Waals surface area contributed by atoms with Crippen molar-refractivity contribution in [2.45, 2.75) is 51.4 Å². The summed E-state index contributed by atoms with van der Waals surface area (Å²) in [5.74, 6) is -2.89. The smallest absolute Gasteiger partial charge is 0.475 e. The lowest BCUT2D eigenvalue weighted by Gasteiger charge is -2.30. The van der Waals surface area contributed by atoms with Gasteiger partial charge in [0.1, 0.15) is 6.04 Å². The zero-order valence-corrected chi connectivity index (χ0v) is 20.0. The number of aliphatic carboxylic acids is 1. The summed E-state index contributed by atoms with van der Waals surface area (Å²) in [4.78, 5) is 36.0. The van der Waals surface area contributed by atoms with Crippen molar-refractivity contribution >= 4 is 34.2 Å². The van der Waals surface area contributed by atoms with Crippen LogP contribution < -0.4 is 16.8 Å². The highest BCUT2D eigenvalue weighted by molar-refractivity contribution is 5.99. The number of halogens is 3. The Morgan fingerprint density at radius 2 is 1.66 bits per heavy atom. The highest BCUT2D eigenvalue weighted by atomic mass is 19.4. The third-order valence-corrected chi connectivity index (χ3v) is 5.10. The maximum absolute atomic E-state index is 13.0. The highest BCUT2D eigenvalue weighted by Crippen LogP contribution is 2.20. The molecule has 0 bridgehead atoms. The molecule has 11 heteroatoms. The van der Waals surface area contributed by atoms with E-state index in [0.29, 0.717) is 37.4 Å². The van der Waals surface area contributed by atoms with Crippen LogP contribution in [0.25, 0.3) is 10.8 Å². The molecule has 0 radical (unpaired) electrons. The minimum absolute atomic E-state index is 0.218. The SMILES string of the molecule is CC(C)C[C@H](N)C(=O)N(C)[C@@H](CCCN)C(=O)Nc1ccc2ccccc2c1.O=C(O)C(F)(F)F. The molecule has 0 aromatic heterocycles. The van der Waals surface area contributed by atoms with Gasteiger partial charge in [0.2, 0.25) is 11.8 Å². The number of alkyl halides is 3. The molecule has 0 saturated carbocycles. The van der Waals surface area contributed by atoms with E-state index in [1.165, 1.54) is 4.90 Å². The number of likely N-dealkylation sites (N-methyl/N-ethyl adjacent to an activating group) is 1. The first-order valence-corrected chi connectivity index (χ1v) is 11.1. The molecule has 2 aromatic rings. The quantitative estimate of drug-likeness (QED) is 0.418. The number of nitrogens with one attached hydrogen (secondary N) is 1. The van der Waals surface area contributed by atoms with Crippen LogP contribution in [0.2, 0.25) is 0 Å². The van der Waals surface area contributed by atoms with E-state index in [1.807, 2.05) is 56.3 Å². The summed E-state index contributed by atoms with van der Waals surface area (Å²) in [5, 5.41) is 12.2. The van der Waals surface area contributed by atoms with Crippen LogP contribution in [0.4, 0.5) is 18.9 Å². The maximum Gasteiger partial charge on any atom is 0.490 e. The van der Waals surface area contributed by atoms with Crippen molar-refractivity contribution in [3.8, 4) is 0 Å². The van der Waals surface area contributed by atoms with Crippen molar-refractivity contribution in [3.63, 3.8) is 0 Å². The van der Waals surface area contributed by atoms with Gasteiger partial charge in [-0.1, -0.05) is 44.2 Å². The molecule has 0 aliphatic carbocycles. The molecule has 8 nitrogen and oxygen atoms in total. The van der Waals surface area contributed by atoms with Crippen molar-refractivity contribution in [3.05, 3.63) is 42.5 Å². The molecule has 0 saturated heterocycles. The second-order valence-electron chi connectivity index (χ2n) is 8.49. The zero-order chi connectivity index (χ0) is 26.8. The Kier molecular flexibility index (Phi) is 11.6. The first kappa shape index (κ1) is 29.9. The predicted octanol–water partition coefficient (Wildman–Crippen LogP) is 3.35. The number of benzene rings is 2. The molecule has 0 fully saturated rings. The van der Waals surface area contributed by atoms with E-state index in [2.05, 4.69) is 5.32 Å². The second kappa shape index (κ2) is 13.6. The van der Waals surface area contributed by atoms with Crippen molar-refractivity contribution < 1.29 is 32.7 Å². The molecule has 0 aliphatic heterocycles. The first-order chi connectivity index (χ1) is 16.3. The van der Waals surface area contributed by atoms with Gasteiger partial charge in [0.15, 0.2) is 0 Å². The van der Waals surface area contributed by atoms with Gasteiger partial charge in [-0.2, -0.15) is 13.2 Å².